The summed E-state index contributed by atoms with van der Waals surface area (Å²) in [5.41, 5.74) is 1.52. The van der Waals surface area contributed by atoms with Crippen LogP contribution in [0.15, 0.2) is 24.3 Å². The van der Waals surface area contributed by atoms with Crippen LogP contribution in [0.25, 0.3) is 0 Å². The summed E-state index contributed by atoms with van der Waals surface area (Å²) in [4.78, 5) is 11.3. The van der Waals surface area contributed by atoms with Crippen LogP contribution in [0.4, 0.5) is 11.4 Å². The van der Waals surface area contributed by atoms with Gasteiger partial charge < -0.3 is 15.4 Å². The van der Waals surface area contributed by atoms with Crippen molar-refractivity contribution in [1.82, 2.24) is 0 Å². The van der Waals surface area contributed by atoms with E-state index in [9.17, 15) is 13.2 Å². The largest absolute Gasteiger partial charge is 0.381 e. The Morgan fingerprint density at radius 2 is 1.95 bits per heavy atom. The summed E-state index contributed by atoms with van der Waals surface area (Å²) in [6.07, 6.45) is 0.634. The number of sulfone groups is 1. The predicted molar refractivity (Wildman–Crippen MR) is 77.6 cm³/mol. The molecule has 0 aromatic heterocycles. The summed E-state index contributed by atoms with van der Waals surface area (Å²) >= 11 is 0. The second-order valence-electron chi connectivity index (χ2n) is 4.80. The molecule has 1 aliphatic rings. The van der Waals surface area contributed by atoms with Crippen LogP contribution in [0.1, 0.15) is 6.42 Å². The second kappa shape index (κ2) is 6.23. The first-order chi connectivity index (χ1) is 9.48. The highest BCUT2D eigenvalue weighted by Crippen LogP contribution is 2.19. The van der Waals surface area contributed by atoms with Gasteiger partial charge in [-0.1, -0.05) is 0 Å². The molecule has 0 radical (unpaired) electrons. The number of carbonyl (C=O) groups excluding carboxylic acids is 1. The number of ether oxygens (including phenoxy) is 1. The molecule has 1 atom stereocenters. The minimum atomic E-state index is -2.88. The van der Waals surface area contributed by atoms with Crippen molar-refractivity contribution < 1.29 is 17.9 Å². The molecule has 0 aliphatic carbocycles. The lowest BCUT2D eigenvalue weighted by atomic mass is 10.2. The zero-order valence-electron chi connectivity index (χ0n) is 11.3. The Morgan fingerprint density at radius 3 is 2.50 bits per heavy atom. The van der Waals surface area contributed by atoms with E-state index in [1.54, 1.807) is 12.1 Å². The maximum atomic E-state index is 11.4. The average Bonchev–Trinajstić information content (AvgIpc) is 2.71. The molecule has 1 aromatic rings. The third kappa shape index (κ3) is 4.21. The molecule has 2 rings (SSSR count). The second-order valence-corrected chi connectivity index (χ2v) is 7.03. The highest BCUT2D eigenvalue weighted by molar-refractivity contribution is 7.91. The molecule has 1 unspecified atom stereocenters. The molecule has 0 saturated carbocycles. The number of carbonyl (C=O) groups is 1. The number of anilines is 2. The molecule has 7 heteroatoms. The van der Waals surface area contributed by atoms with Crippen LogP contribution < -0.4 is 10.6 Å². The standard InChI is InChI=1S/C13H18N2O4S/c1-19-8-13(16)15-11-4-2-10(3-5-11)14-12-6-7-20(17,18)9-12/h2-5,12,14H,6-9H2,1H3,(H,15,16). The Morgan fingerprint density at radius 1 is 1.30 bits per heavy atom. The number of hydrogen-bond acceptors (Lipinski definition) is 5. The summed E-state index contributed by atoms with van der Waals surface area (Å²) in [7, 11) is -1.42. The van der Waals surface area contributed by atoms with Crippen LogP contribution in [0.2, 0.25) is 0 Å². The van der Waals surface area contributed by atoms with E-state index in [4.69, 9.17) is 4.74 Å². The van der Waals surface area contributed by atoms with E-state index in [0.29, 0.717) is 12.1 Å². The van der Waals surface area contributed by atoms with Crippen molar-refractivity contribution in [2.24, 2.45) is 0 Å². The van der Waals surface area contributed by atoms with Crippen molar-refractivity contribution >= 4 is 27.1 Å². The highest BCUT2D eigenvalue weighted by Gasteiger charge is 2.27. The van der Waals surface area contributed by atoms with Crippen molar-refractivity contribution in [2.75, 3.05) is 35.9 Å². The summed E-state index contributed by atoms with van der Waals surface area (Å²) < 4.78 is 27.5. The number of rotatable bonds is 5. The summed E-state index contributed by atoms with van der Waals surface area (Å²) in [5.74, 6) is 0.213. The zero-order chi connectivity index (χ0) is 14.6. The van der Waals surface area contributed by atoms with Crippen LogP contribution in [0.5, 0.6) is 0 Å². The number of nitrogens with one attached hydrogen (secondary N) is 2. The fraction of sp³-hybridized carbons (Fsp3) is 0.462. The van der Waals surface area contributed by atoms with Crippen LogP contribution in [-0.2, 0) is 19.4 Å². The quantitative estimate of drug-likeness (QED) is 0.842. The predicted octanol–water partition coefficient (Wildman–Crippen LogP) is 0.870. The first-order valence-electron chi connectivity index (χ1n) is 6.34. The molecule has 0 spiro atoms. The van der Waals surface area contributed by atoms with Crippen LogP contribution in [0, 0.1) is 0 Å². The van der Waals surface area contributed by atoms with Gasteiger partial charge in [-0.25, -0.2) is 8.42 Å². The van der Waals surface area contributed by atoms with E-state index in [2.05, 4.69) is 10.6 Å². The lowest BCUT2D eigenvalue weighted by Gasteiger charge is -2.13. The zero-order valence-corrected chi connectivity index (χ0v) is 12.1. The summed E-state index contributed by atoms with van der Waals surface area (Å²) in [6, 6.07) is 7.12. The van der Waals surface area contributed by atoms with Gasteiger partial charge in [-0.05, 0) is 30.7 Å². The Labute approximate surface area is 118 Å². The maximum absolute atomic E-state index is 11.4. The molecule has 1 aromatic carbocycles. The minimum absolute atomic E-state index is 0.0138. The van der Waals surface area contributed by atoms with E-state index < -0.39 is 9.84 Å². The SMILES string of the molecule is COCC(=O)Nc1ccc(NC2CCS(=O)(=O)C2)cc1. The lowest BCUT2D eigenvalue weighted by Crippen LogP contribution is -2.20. The van der Waals surface area contributed by atoms with E-state index in [0.717, 1.165) is 5.69 Å². The van der Waals surface area contributed by atoms with Crippen molar-refractivity contribution in [3.63, 3.8) is 0 Å². The Hall–Kier alpha value is -1.60. The Kier molecular flexibility index (Phi) is 4.61. The highest BCUT2D eigenvalue weighted by atomic mass is 32.2. The average molecular weight is 298 g/mol. The van der Waals surface area contributed by atoms with Crippen LogP contribution in [0.3, 0.4) is 0 Å². The first-order valence-corrected chi connectivity index (χ1v) is 8.16. The van der Waals surface area contributed by atoms with Gasteiger partial charge in [0, 0.05) is 24.5 Å². The van der Waals surface area contributed by atoms with Crippen molar-refractivity contribution in [1.29, 1.82) is 0 Å². The topological polar surface area (TPSA) is 84.5 Å². The summed E-state index contributed by atoms with van der Waals surface area (Å²) in [6.45, 7) is 0.0138. The third-order valence-electron chi connectivity index (χ3n) is 3.05. The Bertz CT molecular complexity index is 569. The van der Waals surface area contributed by atoms with Gasteiger partial charge >= 0.3 is 0 Å². The molecule has 1 fully saturated rings. The molecule has 110 valence electrons. The Balaban J connectivity index is 1.90. The maximum Gasteiger partial charge on any atom is 0.250 e. The minimum Gasteiger partial charge on any atom is -0.381 e. The van der Waals surface area contributed by atoms with E-state index in [1.807, 2.05) is 12.1 Å². The van der Waals surface area contributed by atoms with Gasteiger partial charge in [0.05, 0.1) is 11.5 Å². The molecule has 1 aliphatic heterocycles. The van der Waals surface area contributed by atoms with Crippen LogP contribution in [-0.4, -0.2) is 45.6 Å². The lowest BCUT2D eigenvalue weighted by molar-refractivity contribution is -0.119. The molecule has 20 heavy (non-hydrogen) atoms. The van der Waals surface area contributed by atoms with Gasteiger partial charge in [-0.15, -0.1) is 0 Å². The van der Waals surface area contributed by atoms with Crippen molar-refractivity contribution in [3.05, 3.63) is 24.3 Å². The third-order valence-corrected chi connectivity index (χ3v) is 4.82. The fourth-order valence-electron chi connectivity index (χ4n) is 2.12. The fourth-order valence-corrected chi connectivity index (χ4v) is 3.80. The van der Waals surface area contributed by atoms with Gasteiger partial charge in [-0.3, -0.25) is 4.79 Å². The van der Waals surface area contributed by atoms with Crippen molar-refractivity contribution in [3.8, 4) is 0 Å². The van der Waals surface area contributed by atoms with Gasteiger partial charge in [0.2, 0.25) is 5.91 Å². The first kappa shape index (κ1) is 14.8. The molecule has 0 bridgehead atoms. The van der Waals surface area contributed by atoms with Gasteiger partial charge in [0.15, 0.2) is 9.84 Å². The molecule has 1 amide bonds. The number of benzene rings is 1. The number of hydrogen-bond donors (Lipinski definition) is 2. The van der Waals surface area contributed by atoms with Gasteiger partial charge in [0.1, 0.15) is 6.61 Å². The van der Waals surface area contributed by atoms with Crippen LogP contribution >= 0.6 is 0 Å². The number of methoxy groups -OCH3 is 1. The molecule has 2 N–H and O–H groups in total. The van der Waals surface area contributed by atoms with E-state index >= 15 is 0 Å². The van der Waals surface area contributed by atoms with Gasteiger partial charge in [-0.2, -0.15) is 0 Å². The normalized spacial score (nSPS) is 20.6. The molecule has 1 saturated heterocycles. The van der Waals surface area contributed by atoms with Gasteiger partial charge in [0.25, 0.3) is 0 Å². The molecule has 1 heterocycles. The van der Waals surface area contributed by atoms with E-state index in [1.165, 1.54) is 7.11 Å². The molecular formula is C13H18N2O4S. The smallest absolute Gasteiger partial charge is 0.250 e. The van der Waals surface area contributed by atoms with Crippen molar-refractivity contribution in [2.45, 2.75) is 12.5 Å². The molecular weight excluding hydrogens is 280 g/mol. The monoisotopic (exact) mass is 298 g/mol. The number of amides is 1. The molecule has 6 nitrogen and oxygen atoms in total. The summed E-state index contributed by atoms with van der Waals surface area (Å²) in [5, 5.41) is 5.87. The van der Waals surface area contributed by atoms with E-state index in [-0.39, 0.29) is 30.1 Å².